The van der Waals surface area contributed by atoms with E-state index in [9.17, 15) is 48.7 Å². The van der Waals surface area contributed by atoms with Crippen molar-refractivity contribution in [3.05, 3.63) is 60.2 Å². The number of ketones is 1. The first kappa shape index (κ1) is 52.5. The van der Waals surface area contributed by atoms with E-state index in [-0.39, 0.29) is 58.6 Å². The lowest BCUT2D eigenvalue weighted by molar-refractivity contribution is -0.363. The van der Waals surface area contributed by atoms with Gasteiger partial charge in [0.1, 0.15) is 66.8 Å². The molecule has 4 aliphatic carbocycles. The summed E-state index contributed by atoms with van der Waals surface area (Å²) in [5, 5.41) is 60.8. The molecule has 8 aliphatic rings. The fourth-order valence-electron chi connectivity index (χ4n) is 14.7. The van der Waals surface area contributed by atoms with Crippen LogP contribution in [-0.2, 0) is 42.7 Å². The van der Waals surface area contributed by atoms with E-state index in [1.165, 1.54) is 36.4 Å². The second kappa shape index (κ2) is 20.5. The van der Waals surface area contributed by atoms with Gasteiger partial charge in [-0.25, -0.2) is 18.4 Å². The van der Waals surface area contributed by atoms with Gasteiger partial charge in [-0.1, -0.05) is 52.0 Å². The van der Waals surface area contributed by atoms with Crippen LogP contribution < -0.4 is 10.6 Å². The van der Waals surface area contributed by atoms with E-state index in [0.717, 1.165) is 50.7 Å². The van der Waals surface area contributed by atoms with E-state index in [4.69, 9.17) is 37.9 Å². The highest BCUT2D eigenvalue weighted by Crippen LogP contribution is 2.70. The maximum Gasteiger partial charge on any atom is 0.412 e. The van der Waals surface area contributed by atoms with Gasteiger partial charge in [0.25, 0.3) is 0 Å². The van der Waals surface area contributed by atoms with Crippen LogP contribution in [0.25, 0.3) is 0 Å². The van der Waals surface area contributed by atoms with Gasteiger partial charge in [-0.3, -0.25) is 15.4 Å². The van der Waals surface area contributed by atoms with Crippen LogP contribution in [0, 0.1) is 63.9 Å². The van der Waals surface area contributed by atoms with Crippen LogP contribution >= 0.6 is 0 Å². The second-order valence-corrected chi connectivity index (χ2v) is 22.6. The Kier molecular flexibility index (Phi) is 14.8. The predicted molar refractivity (Wildman–Crippen MR) is 252 cm³/mol. The summed E-state index contributed by atoms with van der Waals surface area (Å²) < 4.78 is 77.0. The highest BCUT2D eigenvalue weighted by Gasteiger charge is 2.72. The van der Waals surface area contributed by atoms with Gasteiger partial charge >= 0.3 is 12.2 Å². The standard InChI is InChI=1S/C53H70F2N2O16/c1-25-15-18-53(67-23-25)26(2)40-36(73-53)20-31-29-14-13-27-19-28(16-17-51(27,3)30(29)21-39(59)52(31,40)4)68-47-43(62)41(60)45(37(22-58)69-47)71-48-44(63)42(61)46(72-50(65)57-35-12-8-6-10-33(35)55)38(70-48)24-66-49(64)56-34-11-7-5-9-32(34)54/h5-12,25-31,36-38,40-48,58,60-63H,13-24H2,1-4H3,(H,56,64)(H,57,65)/t25-,26?,27+,28+,29-,30+,31+,36?,37-,38-,40?,41-,42-,43-,44-,45-,46-,47-,48+,51+,52-,53-/m1/s1. The first-order valence-electron chi connectivity index (χ1n) is 26.1. The molecule has 10 rings (SSSR count). The summed E-state index contributed by atoms with van der Waals surface area (Å²) in [4.78, 5) is 40.4. The molecule has 7 N–H and O–H groups in total. The van der Waals surface area contributed by atoms with Crippen molar-refractivity contribution in [2.75, 3.05) is 30.5 Å². The molecule has 2 aromatic rings. The topological polar surface area (TPSA) is 250 Å². The smallest absolute Gasteiger partial charge is 0.412 e. The molecule has 0 radical (unpaired) electrons. The van der Waals surface area contributed by atoms with Gasteiger partial charge < -0.3 is 63.4 Å². The largest absolute Gasteiger partial charge is 0.446 e. The number of Topliss-reactive ketones (excluding diaryl/α,β-unsaturated/α-hetero) is 1. The Morgan fingerprint density at radius 3 is 2.07 bits per heavy atom. The van der Waals surface area contributed by atoms with E-state index in [1.807, 2.05) is 0 Å². The number of para-hydroxylation sites is 2. The van der Waals surface area contributed by atoms with Crippen molar-refractivity contribution in [3.63, 3.8) is 0 Å². The number of halogens is 2. The molecule has 4 heterocycles. The Balaban J connectivity index is 0.774. The number of anilines is 2. The normalized spacial score (nSPS) is 45.1. The number of hydrogen-bond donors (Lipinski definition) is 7. The molecule has 3 unspecified atom stereocenters. The van der Waals surface area contributed by atoms with Crippen LogP contribution in [-0.4, -0.2) is 143 Å². The molecule has 0 aromatic heterocycles. The third kappa shape index (κ3) is 9.48. The fourth-order valence-corrected chi connectivity index (χ4v) is 14.7. The number of fused-ring (bicyclic) bond motifs is 7. The van der Waals surface area contributed by atoms with E-state index < -0.39 is 110 Å². The molecule has 0 bridgehead atoms. The van der Waals surface area contributed by atoms with Gasteiger partial charge in [0.05, 0.1) is 36.8 Å². The lowest BCUT2D eigenvalue weighted by Gasteiger charge is -2.60. The summed E-state index contributed by atoms with van der Waals surface area (Å²) in [6, 6.07) is 10.4. The highest BCUT2D eigenvalue weighted by atomic mass is 19.1. The molecule has 4 aliphatic heterocycles. The third-order valence-electron chi connectivity index (χ3n) is 18.7. The monoisotopic (exact) mass is 1030 g/mol. The van der Waals surface area contributed by atoms with Crippen LogP contribution in [0.1, 0.15) is 85.5 Å². The number of hydrogen-bond acceptors (Lipinski definition) is 16. The highest BCUT2D eigenvalue weighted by molar-refractivity contribution is 5.87. The molecule has 4 saturated heterocycles. The molecular formula is C53H70F2N2O16. The maximum atomic E-state index is 14.7. The Labute approximate surface area is 422 Å². The van der Waals surface area contributed by atoms with Gasteiger partial charge in [0.15, 0.2) is 24.5 Å². The molecule has 1 spiro atoms. The Morgan fingerprint density at radius 1 is 0.767 bits per heavy atom. The molecule has 2 amide bonds. The molecule has 4 saturated carbocycles. The van der Waals surface area contributed by atoms with Gasteiger partial charge in [-0.2, -0.15) is 0 Å². The van der Waals surface area contributed by atoms with Crippen LogP contribution in [0.5, 0.6) is 0 Å². The summed E-state index contributed by atoms with van der Waals surface area (Å²) in [6.07, 6.45) is -12.9. The zero-order valence-electron chi connectivity index (χ0n) is 41.6. The number of rotatable bonds is 10. The number of aliphatic hydroxyl groups is 5. The van der Waals surface area contributed by atoms with Gasteiger partial charge in [-0.05, 0) is 104 Å². The summed E-state index contributed by atoms with van der Waals surface area (Å²) in [5.74, 6) is -0.0493. The van der Waals surface area contributed by atoms with E-state index in [1.54, 1.807) is 0 Å². The Morgan fingerprint density at radius 2 is 1.41 bits per heavy atom. The molecular weight excluding hydrogens is 959 g/mol. The van der Waals surface area contributed by atoms with Crippen molar-refractivity contribution in [1.82, 2.24) is 0 Å². The SMILES string of the molecule is CC1C2C(C[C@H]3[C@@H]4CC[C@H]5C[C@@H](O[C@@H]6O[C@H](CO)[C@@H](O[C@@H]7O[C@H](COC(=O)Nc8ccccc8F)[C@@H](OC(=O)Nc8ccccc8F)[C@H](O)[C@H]7O)[C@H](O)[C@H]6O)CC[C@]5(C)[C@H]4CC(=O)[C@]23C)O[C@]12CC[C@@H](C)CO2. The van der Waals surface area contributed by atoms with Gasteiger partial charge in [0, 0.05) is 30.1 Å². The lowest BCUT2D eigenvalue weighted by Crippen LogP contribution is -2.65. The number of benzene rings is 2. The van der Waals surface area contributed by atoms with E-state index in [2.05, 4.69) is 38.3 Å². The third-order valence-corrected chi connectivity index (χ3v) is 18.7. The first-order valence-corrected chi connectivity index (χ1v) is 26.1. The quantitative estimate of drug-likeness (QED) is 0.147. The van der Waals surface area contributed by atoms with Crippen LogP contribution in [0.15, 0.2) is 48.5 Å². The number of nitrogens with one attached hydrogen (secondary N) is 2. The molecule has 20 heteroatoms. The Bertz CT molecular complexity index is 2340. The van der Waals surface area contributed by atoms with Crippen molar-refractivity contribution in [2.24, 2.45) is 52.3 Å². The molecule has 73 heavy (non-hydrogen) atoms. The summed E-state index contributed by atoms with van der Waals surface area (Å²) in [6.45, 7) is 8.11. The maximum absolute atomic E-state index is 14.7. The van der Waals surface area contributed by atoms with Crippen LogP contribution in [0.4, 0.5) is 29.7 Å². The minimum atomic E-state index is -2.04. The summed E-state index contributed by atoms with van der Waals surface area (Å²) in [7, 11) is 0. The first-order chi connectivity index (χ1) is 34.8. The number of amides is 2. The van der Waals surface area contributed by atoms with Crippen molar-refractivity contribution in [3.8, 4) is 0 Å². The van der Waals surface area contributed by atoms with Crippen molar-refractivity contribution >= 4 is 29.3 Å². The van der Waals surface area contributed by atoms with Crippen LogP contribution in [0.2, 0.25) is 0 Å². The average molecular weight is 1030 g/mol. The molecule has 8 fully saturated rings. The number of carbonyl (C=O) groups excluding carboxylic acids is 3. The van der Waals surface area contributed by atoms with Gasteiger partial charge in [-0.15, -0.1) is 0 Å². The zero-order chi connectivity index (χ0) is 51.7. The van der Waals surface area contributed by atoms with E-state index in [0.29, 0.717) is 43.5 Å². The zero-order valence-corrected chi connectivity index (χ0v) is 41.6. The number of ether oxygens (including phenoxy) is 8. The summed E-state index contributed by atoms with van der Waals surface area (Å²) in [5.41, 5.74) is -1.08. The second-order valence-electron chi connectivity index (χ2n) is 22.6. The number of aliphatic hydroxyl groups excluding tert-OH is 5. The predicted octanol–water partition coefficient (Wildman–Crippen LogP) is 5.41. The Hall–Kier alpha value is -3.93. The van der Waals surface area contributed by atoms with Crippen molar-refractivity contribution in [1.29, 1.82) is 0 Å². The average Bonchev–Trinajstić information content (AvgIpc) is 3.82. The van der Waals surface area contributed by atoms with Crippen molar-refractivity contribution in [2.45, 2.75) is 165 Å². The number of carbonyl (C=O) groups is 3. The molecule has 22 atom stereocenters. The summed E-state index contributed by atoms with van der Waals surface area (Å²) >= 11 is 0. The van der Waals surface area contributed by atoms with Crippen molar-refractivity contribution < 1.29 is 86.6 Å². The van der Waals surface area contributed by atoms with Gasteiger partial charge in [0.2, 0.25) is 0 Å². The minimum absolute atomic E-state index is 0.000483. The van der Waals surface area contributed by atoms with Crippen LogP contribution in [0.3, 0.4) is 0 Å². The minimum Gasteiger partial charge on any atom is -0.446 e. The lowest BCUT2D eigenvalue weighted by atomic mass is 9.44. The molecule has 18 nitrogen and oxygen atoms in total. The molecule has 402 valence electrons. The van der Waals surface area contributed by atoms with E-state index >= 15 is 0 Å². The molecule has 2 aromatic carbocycles. The fraction of sp³-hybridized carbons (Fsp3) is 0.717.